The molecule has 0 spiro atoms. The van der Waals surface area contributed by atoms with Gasteiger partial charge >= 0.3 is 0 Å². The van der Waals surface area contributed by atoms with Gasteiger partial charge in [0.1, 0.15) is 5.75 Å². The van der Waals surface area contributed by atoms with Crippen LogP contribution in [0.1, 0.15) is 24.0 Å². The molecule has 1 aromatic carbocycles. The maximum absolute atomic E-state index is 9.64. The van der Waals surface area contributed by atoms with E-state index >= 15 is 0 Å². The largest absolute Gasteiger partial charge is 0.508 e. The van der Waals surface area contributed by atoms with Gasteiger partial charge in [-0.2, -0.15) is 0 Å². The van der Waals surface area contributed by atoms with Crippen LogP contribution in [0, 0.1) is 6.92 Å². The first-order valence-corrected chi connectivity index (χ1v) is 5.26. The predicted molar refractivity (Wildman–Crippen MR) is 58.8 cm³/mol. The van der Waals surface area contributed by atoms with Gasteiger partial charge in [0, 0.05) is 12.0 Å². The second-order valence-electron chi connectivity index (χ2n) is 4.55. The molecule has 15 heavy (non-hydrogen) atoms. The summed E-state index contributed by atoms with van der Waals surface area (Å²) in [4.78, 5) is 0. The summed E-state index contributed by atoms with van der Waals surface area (Å²) in [7, 11) is 0. The van der Waals surface area contributed by atoms with Crippen LogP contribution >= 0.6 is 0 Å². The van der Waals surface area contributed by atoms with Crippen molar-refractivity contribution in [1.82, 2.24) is 0 Å². The highest BCUT2D eigenvalue weighted by Gasteiger charge is 2.43. The number of benzene rings is 1. The Labute approximate surface area is 89.5 Å². The summed E-state index contributed by atoms with van der Waals surface area (Å²) in [6.07, 6.45) is 1.16. The van der Waals surface area contributed by atoms with Crippen molar-refractivity contribution in [3.05, 3.63) is 29.3 Å². The molecular weight excluding hydrogens is 190 g/mol. The Balaban J connectivity index is 2.32. The van der Waals surface area contributed by atoms with Crippen LogP contribution in [0.5, 0.6) is 5.75 Å². The number of hydrogen-bond acceptors (Lipinski definition) is 3. The van der Waals surface area contributed by atoms with Gasteiger partial charge < -0.3 is 15.9 Å². The van der Waals surface area contributed by atoms with Gasteiger partial charge in [-0.25, -0.2) is 0 Å². The third-order valence-electron chi connectivity index (χ3n) is 3.46. The Morgan fingerprint density at radius 2 is 2.13 bits per heavy atom. The molecule has 0 amide bonds. The normalized spacial score (nSPS) is 29.9. The van der Waals surface area contributed by atoms with E-state index in [9.17, 15) is 10.2 Å². The summed E-state index contributed by atoms with van der Waals surface area (Å²) in [6.45, 7) is 2.39. The third-order valence-corrected chi connectivity index (χ3v) is 3.46. The molecule has 0 aliphatic heterocycles. The van der Waals surface area contributed by atoms with E-state index in [0.717, 1.165) is 11.1 Å². The van der Waals surface area contributed by atoms with Crippen LogP contribution in [0.15, 0.2) is 18.2 Å². The second kappa shape index (κ2) is 3.51. The van der Waals surface area contributed by atoms with Crippen LogP contribution in [0.25, 0.3) is 0 Å². The number of aromatic hydroxyl groups is 1. The average Bonchev–Trinajstić information content (AvgIpc) is 2.17. The van der Waals surface area contributed by atoms with Crippen molar-refractivity contribution in [1.29, 1.82) is 0 Å². The van der Waals surface area contributed by atoms with Crippen LogP contribution in [0.2, 0.25) is 0 Å². The van der Waals surface area contributed by atoms with E-state index in [1.54, 1.807) is 6.07 Å². The lowest BCUT2D eigenvalue weighted by Crippen LogP contribution is -2.49. The molecule has 0 bridgehead atoms. The number of rotatable bonds is 2. The van der Waals surface area contributed by atoms with Crippen molar-refractivity contribution < 1.29 is 10.2 Å². The Hall–Kier alpha value is -1.06. The fraction of sp³-hybridized carbons (Fsp3) is 0.500. The van der Waals surface area contributed by atoms with E-state index in [1.807, 2.05) is 19.1 Å². The zero-order chi connectivity index (χ0) is 11.1. The lowest BCUT2D eigenvalue weighted by atomic mass is 9.62. The van der Waals surface area contributed by atoms with Crippen molar-refractivity contribution in [3.63, 3.8) is 0 Å². The first kappa shape index (κ1) is 10.5. The summed E-state index contributed by atoms with van der Waals surface area (Å²) < 4.78 is 0. The Morgan fingerprint density at radius 3 is 2.60 bits per heavy atom. The SMILES string of the molecule is Cc1ccc(C2(CN)CC(O)C2)cc1O. The molecule has 82 valence electrons. The smallest absolute Gasteiger partial charge is 0.118 e. The van der Waals surface area contributed by atoms with Crippen LogP contribution < -0.4 is 5.73 Å². The molecular formula is C12H17NO2. The van der Waals surface area contributed by atoms with E-state index in [4.69, 9.17) is 5.73 Å². The Morgan fingerprint density at radius 1 is 1.47 bits per heavy atom. The van der Waals surface area contributed by atoms with Gasteiger partial charge in [0.2, 0.25) is 0 Å². The topological polar surface area (TPSA) is 66.5 Å². The minimum atomic E-state index is -0.239. The molecule has 3 nitrogen and oxygen atoms in total. The fourth-order valence-electron chi connectivity index (χ4n) is 2.30. The van der Waals surface area contributed by atoms with Gasteiger partial charge in [0.05, 0.1) is 6.10 Å². The number of aliphatic hydroxyl groups excluding tert-OH is 1. The molecule has 1 aliphatic rings. The van der Waals surface area contributed by atoms with Crippen LogP contribution in [0.3, 0.4) is 0 Å². The molecule has 3 heteroatoms. The molecule has 1 aliphatic carbocycles. The molecule has 0 saturated heterocycles. The van der Waals surface area contributed by atoms with E-state index in [0.29, 0.717) is 25.1 Å². The molecule has 1 saturated carbocycles. The fourth-order valence-corrected chi connectivity index (χ4v) is 2.30. The zero-order valence-corrected chi connectivity index (χ0v) is 8.90. The second-order valence-corrected chi connectivity index (χ2v) is 4.55. The summed E-state index contributed by atoms with van der Waals surface area (Å²) >= 11 is 0. The molecule has 0 unspecified atom stereocenters. The number of hydrogen-bond donors (Lipinski definition) is 3. The molecule has 0 atom stereocenters. The van der Waals surface area contributed by atoms with Gasteiger partial charge in [-0.15, -0.1) is 0 Å². The lowest BCUT2D eigenvalue weighted by molar-refractivity contribution is 0.0220. The lowest BCUT2D eigenvalue weighted by Gasteiger charge is -2.45. The first-order chi connectivity index (χ1) is 7.07. The summed E-state index contributed by atoms with van der Waals surface area (Å²) in [5.41, 5.74) is 7.54. The number of phenols is 1. The maximum Gasteiger partial charge on any atom is 0.118 e. The minimum absolute atomic E-state index is 0.120. The Bertz CT molecular complexity index is 370. The molecule has 4 N–H and O–H groups in total. The summed E-state index contributed by atoms with van der Waals surface area (Å²) in [6, 6.07) is 5.66. The minimum Gasteiger partial charge on any atom is -0.508 e. The van der Waals surface area contributed by atoms with E-state index in [1.165, 1.54) is 0 Å². The summed E-state index contributed by atoms with van der Waals surface area (Å²) in [5.74, 6) is 0.307. The van der Waals surface area contributed by atoms with Crippen LogP contribution in [-0.4, -0.2) is 22.9 Å². The van der Waals surface area contributed by atoms with Crippen molar-refractivity contribution in [2.45, 2.75) is 31.3 Å². The van der Waals surface area contributed by atoms with E-state index < -0.39 is 0 Å². The van der Waals surface area contributed by atoms with Gasteiger partial charge in [-0.05, 0) is 37.0 Å². The van der Waals surface area contributed by atoms with Crippen LogP contribution in [-0.2, 0) is 5.41 Å². The number of phenolic OH excluding ortho intramolecular Hbond substituents is 1. The third kappa shape index (κ3) is 1.62. The van der Waals surface area contributed by atoms with Gasteiger partial charge in [0.25, 0.3) is 0 Å². The summed E-state index contributed by atoms with van der Waals surface area (Å²) in [5, 5.41) is 19.0. The quantitative estimate of drug-likeness (QED) is 0.679. The number of aryl methyl sites for hydroxylation is 1. The maximum atomic E-state index is 9.64. The monoisotopic (exact) mass is 207 g/mol. The van der Waals surface area contributed by atoms with Crippen molar-refractivity contribution in [2.24, 2.45) is 5.73 Å². The Kier molecular flexibility index (Phi) is 2.44. The van der Waals surface area contributed by atoms with Crippen LogP contribution in [0.4, 0.5) is 0 Å². The average molecular weight is 207 g/mol. The van der Waals surface area contributed by atoms with Crippen molar-refractivity contribution in [3.8, 4) is 5.75 Å². The molecule has 0 radical (unpaired) electrons. The molecule has 2 rings (SSSR count). The molecule has 0 heterocycles. The molecule has 1 aromatic rings. The number of aliphatic hydroxyl groups is 1. The van der Waals surface area contributed by atoms with Crippen molar-refractivity contribution >= 4 is 0 Å². The molecule has 0 aromatic heterocycles. The molecule has 1 fully saturated rings. The van der Waals surface area contributed by atoms with Gasteiger partial charge in [-0.3, -0.25) is 0 Å². The highest BCUT2D eigenvalue weighted by Crippen LogP contribution is 2.44. The van der Waals surface area contributed by atoms with E-state index in [-0.39, 0.29) is 11.5 Å². The number of nitrogens with two attached hydrogens (primary N) is 1. The standard InChI is InChI=1S/C12H17NO2/c1-8-2-3-9(4-11(8)15)12(7-13)5-10(14)6-12/h2-4,10,14-15H,5-7,13H2,1H3. The predicted octanol–water partition coefficient (Wildman–Crippen LogP) is 1.05. The first-order valence-electron chi connectivity index (χ1n) is 5.26. The van der Waals surface area contributed by atoms with E-state index in [2.05, 4.69) is 0 Å². The highest BCUT2D eigenvalue weighted by atomic mass is 16.3. The zero-order valence-electron chi connectivity index (χ0n) is 8.90. The van der Waals surface area contributed by atoms with Gasteiger partial charge in [-0.1, -0.05) is 12.1 Å². The van der Waals surface area contributed by atoms with Crippen molar-refractivity contribution in [2.75, 3.05) is 6.54 Å². The van der Waals surface area contributed by atoms with Gasteiger partial charge in [0.15, 0.2) is 0 Å². The highest BCUT2D eigenvalue weighted by molar-refractivity contribution is 5.40.